The van der Waals surface area contributed by atoms with Crippen molar-refractivity contribution in [1.29, 1.82) is 0 Å². The van der Waals surface area contributed by atoms with Gasteiger partial charge in [-0.05, 0) is 36.6 Å². The first-order valence-corrected chi connectivity index (χ1v) is 8.39. The lowest BCUT2D eigenvalue weighted by Crippen LogP contribution is -2.00. The average molecular weight is 332 g/mol. The Balaban J connectivity index is 1.54. The van der Waals surface area contributed by atoms with Crippen LogP contribution in [0.4, 0.5) is 5.82 Å². The molecule has 0 saturated carbocycles. The van der Waals surface area contributed by atoms with Crippen molar-refractivity contribution in [2.24, 2.45) is 7.05 Å². The molecule has 2 N–H and O–H groups in total. The van der Waals surface area contributed by atoms with Crippen LogP contribution in [-0.4, -0.2) is 21.1 Å². The number of rotatable bonds is 5. The molecule has 4 aromatic rings. The van der Waals surface area contributed by atoms with Crippen molar-refractivity contribution >= 4 is 27.8 Å². The Morgan fingerprint density at radius 3 is 2.80 bits per heavy atom. The summed E-state index contributed by atoms with van der Waals surface area (Å²) in [7, 11) is 1.96. The molecule has 5 nitrogen and oxygen atoms in total. The summed E-state index contributed by atoms with van der Waals surface area (Å²) in [5.41, 5.74) is 9.91. The number of imidazole rings is 1. The number of aryl methyl sites for hydroxylation is 2. The van der Waals surface area contributed by atoms with Crippen molar-refractivity contribution < 1.29 is 4.74 Å². The molecule has 2 aromatic carbocycles. The summed E-state index contributed by atoms with van der Waals surface area (Å²) in [6, 6.07) is 16.4. The van der Waals surface area contributed by atoms with E-state index >= 15 is 0 Å². The van der Waals surface area contributed by atoms with E-state index in [2.05, 4.69) is 34.2 Å². The molecule has 0 amide bonds. The van der Waals surface area contributed by atoms with Gasteiger partial charge < -0.3 is 15.0 Å². The third-order valence-electron chi connectivity index (χ3n) is 4.37. The highest BCUT2D eigenvalue weighted by molar-refractivity contribution is 6.06. The molecule has 0 aliphatic rings. The number of hydrogen-bond donors (Lipinski definition) is 1. The number of fused-ring (bicyclic) bond motifs is 3. The van der Waals surface area contributed by atoms with E-state index in [9.17, 15) is 0 Å². The van der Waals surface area contributed by atoms with Gasteiger partial charge in [-0.1, -0.05) is 30.3 Å². The molecule has 4 rings (SSSR count). The second kappa shape index (κ2) is 6.43. The molecule has 0 aliphatic heterocycles. The minimum atomic E-state index is 0.458. The highest BCUT2D eigenvalue weighted by Gasteiger charge is 2.11. The van der Waals surface area contributed by atoms with Gasteiger partial charge in [0.05, 0.1) is 24.0 Å². The topological polar surface area (TPSA) is 66.0 Å². The molecule has 0 spiro atoms. The monoisotopic (exact) mass is 332 g/mol. The van der Waals surface area contributed by atoms with Gasteiger partial charge >= 0.3 is 0 Å². The molecule has 0 saturated heterocycles. The number of hydrogen-bond acceptors (Lipinski definition) is 4. The maximum Gasteiger partial charge on any atom is 0.152 e. The van der Waals surface area contributed by atoms with Crippen molar-refractivity contribution in [3.63, 3.8) is 0 Å². The fraction of sp³-hybridized carbons (Fsp3) is 0.200. The number of nitrogens with zero attached hydrogens (tertiary/aromatic N) is 3. The van der Waals surface area contributed by atoms with E-state index in [1.54, 1.807) is 6.33 Å². The fourth-order valence-corrected chi connectivity index (χ4v) is 3.12. The van der Waals surface area contributed by atoms with Gasteiger partial charge in [0.25, 0.3) is 0 Å². The van der Waals surface area contributed by atoms with Crippen LogP contribution in [0, 0.1) is 0 Å². The van der Waals surface area contributed by atoms with Crippen LogP contribution >= 0.6 is 0 Å². The molecule has 126 valence electrons. The van der Waals surface area contributed by atoms with Crippen molar-refractivity contribution in [2.75, 3.05) is 12.3 Å². The van der Waals surface area contributed by atoms with Crippen molar-refractivity contribution in [3.8, 4) is 5.75 Å². The number of nitrogen functional groups attached to an aromatic ring is 1. The molecular formula is C20H20N4O. The second-order valence-electron chi connectivity index (χ2n) is 6.17. The molecule has 0 aliphatic carbocycles. The SMILES string of the molecule is Cn1cnc2c(N)nc3ccc(OCCCc4ccccc4)cc3c21. The Morgan fingerprint density at radius 2 is 1.96 bits per heavy atom. The first kappa shape index (κ1) is 15.4. The normalized spacial score (nSPS) is 11.2. The van der Waals surface area contributed by atoms with E-state index in [4.69, 9.17) is 10.5 Å². The molecule has 2 heterocycles. The highest BCUT2D eigenvalue weighted by Crippen LogP contribution is 2.29. The van der Waals surface area contributed by atoms with Gasteiger partial charge in [0.15, 0.2) is 5.82 Å². The molecule has 0 fully saturated rings. The summed E-state index contributed by atoms with van der Waals surface area (Å²) in [6.07, 6.45) is 3.75. The van der Waals surface area contributed by atoms with E-state index in [0.29, 0.717) is 12.4 Å². The standard InChI is InChI=1S/C20H20N4O/c1-24-13-22-18-19(24)16-12-15(9-10-17(16)23-20(18)21)25-11-5-8-14-6-3-2-4-7-14/h2-4,6-7,9-10,12-13H,5,8,11H2,1H3,(H2,21,23). The number of aromatic nitrogens is 3. The van der Waals surface area contributed by atoms with Gasteiger partial charge in [0.1, 0.15) is 11.3 Å². The summed E-state index contributed by atoms with van der Waals surface area (Å²) in [5, 5.41) is 1.00. The van der Waals surface area contributed by atoms with Crippen LogP contribution in [0.1, 0.15) is 12.0 Å². The molecule has 0 atom stereocenters. The molecular weight excluding hydrogens is 312 g/mol. The maximum atomic E-state index is 6.01. The summed E-state index contributed by atoms with van der Waals surface area (Å²) >= 11 is 0. The second-order valence-corrected chi connectivity index (χ2v) is 6.17. The summed E-state index contributed by atoms with van der Waals surface area (Å²) in [5.74, 6) is 1.30. The van der Waals surface area contributed by atoms with Gasteiger partial charge in [0.2, 0.25) is 0 Å². The van der Waals surface area contributed by atoms with E-state index in [1.165, 1.54) is 5.56 Å². The summed E-state index contributed by atoms with van der Waals surface area (Å²) < 4.78 is 7.91. The van der Waals surface area contributed by atoms with Crippen molar-refractivity contribution in [1.82, 2.24) is 14.5 Å². The van der Waals surface area contributed by atoms with Gasteiger partial charge in [-0.2, -0.15) is 0 Å². The van der Waals surface area contributed by atoms with Crippen LogP contribution in [0.15, 0.2) is 54.9 Å². The fourth-order valence-electron chi connectivity index (χ4n) is 3.12. The minimum Gasteiger partial charge on any atom is -0.494 e. The van der Waals surface area contributed by atoms with Gasteiger partial charge in [-0.25, -0.2) is 9.97 Å². The average Bonchev–Trinajstić information content (AvgIpc) is 3.03. The molecule has 0 radical (unpaired) electrons. The summed E-state index contributed by atoms with van der Waals surface area (Å²) in [4.78, 5) is 8.78. The van der Waals surface area contributed by atoms with Gasteiger partial charge in [0, 0.05) is 12.4 Å². The zero-order valence-electron chi connectivity index (χ0n) is 14.1. The van der Waals surface area contributed by atoms with Crippen molar-refractivity contribution in [3.05, 3.63) is 60.4 Å². The van der Waals surface area contributed by atoms with Crippen LogP contribution in [-0.2, 0) is 13.5 Å². The van der Waals surface area contributed by atoms with E-state index < -0.39 is 0 Å². The first-order chi connectivity index (χ1) is 12.2. The lowest BCUT2D eigenvalue weighted by Gasteiger charge is -2.09. The lowest BCUT2D eigenvalue weighted by molar-refractivity contribution is 0.311. The minimum absolute atomic E-state index is 0.458. The van der Waals surface area contributed by atoms with E-state index in [1.807, 2.05) is 35.9 Å². The zero-order valence-corrected chi connectivity index (χ0v) is 14.1. The first-order valence-electron chi connectivity index (χ1n) is 8.39. The third kappa shape index (κ3) is 3.01. The van der Waals surface area contributed by atoms with Crippen LogP contribution in [0.25, 0.3) is 21.9 Å². The number of benzene rings is 2. The summed E-state index contributed by atoms with van der Waals surface area (Å²) in [6.45, 7) is 0.678. The number of nitrogens with two attached hydrogens (primary N) is 1. The highest BCUT2D eigenvalue weighted by atomic mass is 16.5. The van der Waals surface area contributed by atoms with Crippen LogP contribution in [0.2, 0.25) is 0 Å². The molecule has 25 heavy (non-hydrogen) atoms. The Kier molecular flexibility index (Phi) is 3.98. The molecule has 0 bridgehead atoms. The Labute approximate surface area is 146 Å². The number of anilines is 1. The molecule has 5 heteroatoms. The van der Waals surface area contributed by atoms with Crippen molar-refractivity contribution in [2.45, 2.75) is 12.8 Å². The Morgan fingerprint density at radius 1 is 1.12 bits per heavy atom. The van der Waals surface area contributed by atoms with Crippen LogP contribution < -0.4 is 10.5 Å². The van der Waals surface area contributed by atoms with Gasteiger partial charge in [-0.3, -0.25) is 0 Å². The zero-order chi connectivity index (χ0) is 17.2. The number of pyridine rings is 1. The smallest absolute Gasteiger partial charge is 0.152 e. The Hall–Kier alpha value is -3.08. The van der Waals surface area contributed by atoms with Crippen LogP contribution in [0.3, 0.4) is 0 Å². The molecule has 2 aromatic heterocycles. The van der Waals surface area contributed by atoms with Crippen LogP contribution in [0.5, 0.6) is 5.75 Å². The molecule has 0 unspecified atom stereocenters. The quantitative estimate of drug-likeness (QED) is 0.566. The van der Waals surface area contributed by atoms with E-state index in [0.717, 1.165) is 40.5 Å². The van der Waals surface area contributed by atoms with E-state index in [-0.39, 0.29) is 0 Å². The predicted octanol–water partition coefficient (Wildman–Crippen LogP) is 3.72. The lowest BCUT2D eigenvalue weighted by atomic mass is 10.1. The van der Waals surface area contributed by atoms with Gasteiger partial charge in [-0.15, -0.1) is 0 Å². The Bertz CT molecular complexity index is 1020. The predicted molar refractivity (Wildman–Crippen MR) is 101 cm³/mol. The number of ether oxygens (including phenoxy) is 1. The third-order valence-corrected chi connectivity index (χ3v) is 4.37. The largest absolute Gasteiger partial charge is 0.494 e. The maximum absolute atomic E-state index is 6.01.